The molecule has 6 heteroatoms. The number of hydrogen-bond acceptors (Lipinski definition) is 5. The topological polar surface area (TPSA) is 44.8 Å². The molecule has 3 aromatic rings. The summed E-state index contributed by atoms with van der Waals surface area (Å²) in [5.41, 5.74) is 2.61. The number of thiophene rings is 1. The Kier molecular flexibility index (Phi) is 4.34. The molecule has 0 amide bonds. The third-order valence-corrected chi connectivity index (χ3v) is 5.45. The summed E-state index contributed by atoms with van der Waals surface area (Å²) in [7, 11) is 1.57. The Bertz CT molecular complexity index is 1010. The average Bonchev–Trinajstić information content (AvgIpc) is 3.03. The minimum absolute atomic E-state index is 0.331. The van der Waals surface area contributed by atoms with Gasteiger partial charge in [0.05, 0.1) is 13.7 Å². The molecule has 132 valence electrons. The quantitative estimate of drug-likeness (QED) is 0.403. The first kappa shape index (κ1) is 16.9. The Morgan fingerprint density at radius 3 is 2.73 bits per heavy atom. The monoisotopic (exact) mass is 386 g/mol. The number of ether oxygens (including phenoxy) is 3. The van der Waals surface area contributed by atoms with Gasteiger partial charge in [-0.3, -0.25) is 0 Å². The van der Waals surface area contributed by atoms with E-state index in [1.807, 2.05) is 36.4 Å². The maximum atomic E-state index is 12.3. The van der Waals surface area contributed by atoms with E-state index >= 15 is 0 Å². The molecule has 0 saturated heterocycles. The number of benzene rings is 2. The summed E-state index contributed by atoms with van der Waals surface area (Å²) in [5.74, 6) is 1.49. The lowest BCUT2D eigenvalue weighted by Crippen LogP contribution is -2.01. The predicted molar refractivity (Wildman–Crippen MR) is 103 cm³/mol. The highest BCUT2D eigenvalue weighted by Gasteiger charge is 2.27. The van der Waals surface area contributed by atoms with E-state index in [0.29, 0.717) is 33.8 Å². The van der Waals surface area contributed by atoms with Crippen molar-refractivity contribution in [3.8, 4) is 38.8 Å². The van der Waals surface area contributed by atoms with E-state index in [-0.39, 0.29) is 5.97 Å². The van der Waals surface area contributed by atoms with E-state index in [4.69, 9.17) is 25.8 Å². The molecule has 2 aromatic carbocycles. The Morgan fingerprint density at radius 2 is 1.96 bits per heavy atom. The summed E-state index contributed by atoms with van der Waals surface area (Å²) in [6, 6.07) is 13.1. The molecule has 1 aliphatic rings. The molecule has 0 spiro atoms. The van der Waals surface area contributed by atoms with E-state index in [2.05, 4.69) is 0 Å². The van der Waals surface area contributed by atoms with Crippen LogP contribution in [0.25, 0.3) is 21.6 Å². The van der Waals surface area contributed by atoms with E-state index < -0.39 is 0 Å². The van der Waals surface area contributed by atoms with Crippen molar-refractivity contribution in [2.24, 2.45) is 0 Å². The van der Waals surface area contributed by atoms with Crippen LogP contribution in [0.3, 0.4) is 0 Å². The van der Waals surface area contributed by atoms with Crippen molar-refractivity contribution in [1.29, 1.82) is 0 Å². The fourth-order valence-corrected chi connectivity index (χ4v) is 4.26. The molecule has 0 aliphatic carbocycles. The van der Waals surface area contributed by atoms with Crippen molar-refractivity contribution in [3.63, 3.8) is 0 Å². The lowest BCUT2D eigenvalue weighted by Gasteiger charge is -2.13. The number of para-hydroxylation sites is 1. The summed E-state index contributed by atoms with van der Waals surface area (Å²) in [6.45, 7) is 2.12. The lowest BCUT2D eigenvalue weighted by atomic mass is 10.0. The van der Waals surface area contributed by atoms with Gasteiger partial charge in [0.25, 0.3) is 0 Å². The third-order valence-electron chi connectivity index (χ3n) is 4.08. The molecule has 4 nitrogen and oxygen atoms in total. The average molecular weight is 387 g/mol. The second-order valence-electron chi connectivity index (χ2n) is 5.66. The zero-order valence-corrected chi connectivity index (χ0v) is 15.7. The maximum Gasteiger partial charge on any atom is 0.348 e. The van der Waals surface area contributed by atoms with Crippen LogP contribution in [0.15, 0.2) is 42.5 Å². The van der Waals surface area contributed by atoms with E-state index in [1.165, 1.54) is 11.3 Å². The molecule has 2 heterocycles. The smallest absolute Gasteiger partial charge is 0.348 e. The van der Waals surface area contributed by atoms with Crippen molar-refractivity contribution in [2.75, 3.05) is 13.7 Å². The van der Waals surface area contributed by atoms with Gasteiger partial charge in [0.2, 0.25) is 0 Å². The predicted octanol–water partition coefficient (Wildman–Crippen LogP) is 6.03. The number of rotatable bonds is 3. The van der Waals surface area contributed by atoms with Crippen LogP contribution in [0, 0.1) is 0 Å². The highest BCUT2D eigenvalue weighted by Crippen LogP contribution is 2.53. The molecule has 0 atom stereocenters. The van der Waals surface area contributed by atoms with Crippen molar-refractivity contribution >= 4 is 28.9 Å². The van der Waals surface area contributed by atoms with Crippen molar-refractivity contribution in [3.05, 3.63) is 52.4 Å². The number of fused-ring (bicyclic) bond motifs is 5. The second-order valence-corrected chi connectivity index (χ2v) is 7.15. The normalized spacial score (nSPS) is 11.5. The number of hydrogen-bond donors (Lipinski definition) is 0. The molecule has 1 aromatic heterocycles. The van der Waals surface area contributed by atoms with Crippen molar-refractivity contribution in [1.82, 2.24) is 0 Å². The van der Waals surface area contributed by atoms with Crippen molar-refractivity contribution < 1.29 is 19.0 Å². The molecule has 0 unspecified atom stereocenters. The van der Waals surface area contributed by atoms with Gasteiger partial charge in [0, 0.05) is 32.7 Å². The molecule has 4 rings (SSSR count). The third kappa shape index (κ3) is 2.73. The molecule has 0 bridgehead atoms. The van der Waals surface area contributed by atoms with E-state index in [9.17, 15) is 4.79 Å². The molecule has 1 aliphatic heterocycles. The van der Waals surface area contributed by atoms with E-state index in [0.717, 1.165) is 21.6 Å². The SMILES string of the molecule is CCOC(=O)c1cc2c(s1)-c1cc(Cl)cc(OC)c1Oc1ccccc1-2. The Labute approximate surface area is 159 Å². The molecule has 0 N–H and O–H groups in total. The maximum absolute atomic E-state index is 12.3. The fraction of sp³-hybridized carbons (Fsp3) is 0.150. The summed E-state index contributed by atoms with van der Waals surface area (Å²) in [6.07, 6.45) is 0. The van der Waals surface area contributed by atoms with Gasteiger partial charge in [0.1, 0.15) is 10.6 Å². The molecule has 26 heavy (non-hydrogen) atoms. The zero-order valence-electron chi connectivity index (χ0n) is 14.2. The summed E-state index contributed by atoms with van der Waals surface area (Å²) >= 11 is 7.65. The van der Waals surface area contributed by atoms with Gasteiger partial charge in [0.15, 0.2) is 11.5 Å². The highest BCUT2D eigenvalue weighted by atomic mass is 35.5. The fourth-order valence-electron chi connectivity index (χ4n) is 2.98. The van der Waals surface area contributed by atoms with Gasteiger partial charge < -0.3 is 14.2 Å². The van der Waals surface area contributed by atoms with Crippen LogP contribution < -0.4 is 9.47 Å². The molecule has 0 radical (unpaired) electrons. The van der Waals surface area contributed by atoms with Crippen LogP contribution in [0.5, 0.6) is 17.2 Å². The second kappa shape index (κ2) is 6.67. The molecular weight excluding hydrogens is 372 g/mol. The minimum atomic E-state index is -0.334. The zero-order chi connectivity index (χ0) is 18.3. The Hall–Kier alpha value is -2.50. The van der Waals surface area contributed by atoms with Gasteiger partial charge in [-0.1, -0.05) is 29.8 Å². The standard InChI is InChI=1S/C20H15ClO4S/c1-3-24-20(22)17-10-13-12-6-4-5-7-15(12)25-18-14(19(13)26-17)8-11(21)9-16(18)23-2/h4-10H,3H2,1-2H3. The molecular formula is C20H15ClO4S. The van der Waals surface area contributed by atoms with Gasteiger partial charge >= 0.3 is 5.97 Å². The van der Waals surface area contributed by atoms with Gasteiger partial charge in [-0.05, 0) is 25.1 Å². The Balaban J connectivity index is 2.02. The minimum Gasteiger partial charge on any atom is -0.493 e. The number of halogens is 1. The first-order valence-corrected chi connectivity index (χ1v) is 9.28. The number of methoxy groups -OCH3 is 1. The van der Waals surface area contributed by atoms with Crippen LogP contribution in [-0.4, -0.2) is 19.7 Å². The number of carbonyl (C=O) groups is 1. The van der Waals surface area contributed by atoms with E-state index in [1.54, 1.807) is 20.1 Å². The molecule has 0 saturated carbocycles. The first-order valence-electron chi connectivity index (χ1n) is 8.08. The van der Waals surface area contributed by atoms with Crippen LogP contribution in [0.2, 0.25) is 5.02 Å². The first-order chi connectivity index (χ1) is 12.6. The number of carbonyl (C=O) groups excluding carboxylic acids is 1. The summed E-state index contributed by atoms with van der Waals surface area (Å²) in [4.78, 5) is 13.7. The van der Waals surface area contributed by atoms with Gasteiger partial charge in [-0.2, -0.15) is 0 Å². The van der Waals surface area contributed by atoms with Crippen molar-refractivity contribution in [2.45, 2.75) is 6.92 Å². The Morgan fingerprint density at radius 1 is 1.15 bits per heavy atom. The lowest BCUT2D eigenvalue weighted by molar-refractivity contribution is 0.0532. The largest absolute Gasteiger partial charge is 0.493 e. The van der Waals surface area contributed by atoms with Crippen LogP contribution >= 0.6 is 22.9 Å². The van der Waals surface area contributed by atoms with Gasteiger partial charge in [-0.15, -0.1) is 11.3 Å². The number of esters is 1. The van der Waals surface area contributed by atoms with Crippen LogP contribution in [0.1, 0.15) is 16.6 Å². The summed E-state index contributed by atoms with van der Waals surface area (Å²) < 4.78 is 16.8. The molecule has 0 fully saturated rings. The van der Waals surface area contributed by atoms with Crippen LogP contribution in [0.4, 0.5) is 0 Å². The van der Waals surface area contributed by atoms with Gasteiger partial charge in [-0.25, -0.2) is 4.79 Å². The summed E-state index contributed by atoms with van der Waals surface area (Å²) in [5, 5.41) is 0.534. The highest BCUT2D eigenvalue weighted by molar-refractivity contribution is 7.18. The van der Waals surface area contributed by atoms with Crippen LogP contribution in [-0.2, 0) is 4.74 Å².